The number of aliphatic hydroxyl groups is 1. The Bertz CT molecular complexity index is 1290. The molecule has 2 aromatic carbocycles. The van der Waals surface area contributed by atoms with Gasteiger partial charge in [0, 0.05) is 17.5 Å². The molecule has 2 N–H and O–H groups in total. The van der Waals surface area contributed by atoms with E-state index in [9.17, 15) is 27.0 Å². The van der Waals surface area contributed by atoms with Crippen LogP contribution in [0.2, 0.25) is 0 Å². The maximum Gasteiger partial charge on any atom is 0.339 e. The third kappa shape index (κ3) is 7.36. The zero-order valence-electron chi connectivity index (χ0n) is 20.7. The van der Waals surface area contributed by atoms with Gasteiger partial charge >= 0.3 is 20.2 Å². The van der Waals surface area contributed by atoms with E-state index in [1.54, 1.807) is 32.9 Å². The van der Waals surface area contributed by atoms with Crippen LogP contribution in [0.4, 0.5) is 0 Å². The first-order valence-electron chi connectivity index (χ1n) is 10.8. The van der Waals surface area contributed by atoms with Crippen molar-refractivity contribution in [3.05, 3.63) is 58.4 Å². The van der Waals surface area contributed by atoms with Gasteiger partial charge in [-0.1, -0.05) is 24.6 Å². The highest BCUT2D eigenvalue weighted by atomic mass is 32.2. The number of methoxy groups -OCH3 is 1. The van der Waals surface area contributed by atoms with E-state index in [1.165, 1.54) is 25.3 Å². The van der Waals surface area contributed by atoms with Crippen LogP contribution in [0, 0.1) is 13.8 Å². The van der Waals surface area contributed by atoms with Crippen molar-refractivity contribution in [1.29, 1.82) is 0 Å². The molecule has 1 atom stereocenters. The molecule has 0 aromatic heterocycles. The molecule has 11 heteroatoms. The summed E-state index contributed by atoms with van der Waals surface area (Å²) in [7, 11) is -6.60. The van der Waals surface area contributed by atoms with E-state index in [4.69, 9.17) is 13.1 Å². The Hall–Kier alpha value is -2.76. The number of aliphatic hydroxyl groups excluding tert-OH is 1. The van der Waals surface area contributed by atoms with Crippen LogP contribution in [-0.4, -0.2) is 47.0 Å². The summed E-state index contributed by atoms with van der Waals surface area (Å²) in [6, 6.07) is 7.64. The molecule has 35 heavy (non-hydrogen) atoms. The fourth-order valence-corrected chi connectivity index (χ4v) is 4.99. The van der Waals surface area contributed by atoms with Crippen molar-refractivity contribution in [2.24, 2.45) is 0 Å². The molecule has 0 spiro atoms. The van der Waals surface area contributed by atoms with E-state index in [0.717, 1.165) is 11.8 Å². The number of hydrogen-bond donors (Lipinski definition) is 2. The first-order valence-corrected chi connectivity index (χ1v) is 14.0. The normalized spacial score (nSPS) is 13.7. The van der Waals surface area contributed by atoms with Gasteiger partial charge in [0.25, 0.3) is 0 Å². The molecule has 0 bridgehead atoms. The Balaban J connectivity index is 2.42. The summed E-state index contributed by atoms with van der Waals surface area (Å²) in [5.41, 5.74) is 1.91. The third-order valence-electron chi connectivity index (χ3n) is 5.50. The van der Waals surface area contributed by atoms with Crippen molar-refractivity contribution >= 4 is 20.2 Å². The van der Waals surface area contributed by atoms with Gasteiger partial charge in [0.1, 0.15) is 16.4 Å². The molecule has 0 radical (unpaired) electrons. The molecule has 0 saturated carbocycles. The number of benzene rings is 2. The fourth-order valence-electron chi connectivity index (χ4n) is 3.42. The Labute approximate surface area is 207 Å². The first kappa shape index (κ1) is 28.5. The van der Waals surface area contributed by atoms with Gasteiger partial charge in [0.15, 0.2) is 11.5 Å². The van der Waals surface area contributed by atoms with Crippen LogP contribution in [0.1, 0.15) is 49.3 Å². The molecule has 0 heterocycles. The molecule has 0 aliphatic rings. The quantitative estimate of drug-likeness (QED) is 0.328. The monoisotopic (exact) mass is 528 g/mol. The average Bonchev–Trinajstić information content (AvgIpc) is 2.77. The largest absolute Gasteiger partial charge is 0.504 e. The molecular formula is C24H32O9S2. The maximum atomic E-state index is 12.9. The molecule has 2 rings (SSSR count). The number of aromatic hydroxyl groups is 1. The molecule has 0 aliphatic heterocycles. The van der Waals surface area contributed by atoms with Crippen LogP contribution in [0.25, 0.3) is 0 Å². The van der Waals surface area contributed by atoms with Gasteiger partial charge in [0.05, 0.1) is 20.0 Å². The number of phenolic OH excluding ortho intramolecular Hbond substituents is 1. The summed E-state index contributed by atoms with van der Waals surface area (Å²) in [6.45, 7) is 6.35. The number of rotatable bonds is 11. The van der Waals surface area contributed by atoms with E-state index >= 15 is 0 Å². The number of ether oxygens (including phenoxy) is 1. The summed E-state index contributed by atoms with van der Waals surface area (Å²) in [5.74, 6) is -0.390. The molecule has 194 valence electrons. The second-order valence-corrected chi connectivity index (χ2v) is 11.5. The molecule has 0 saturated heterocycles. The topological polar surface area (TPSA) is 136 Å². The summed E-state index contributed by atoms with van der Waals surface area (Å²) in [5, 5.41) is 20.2. The highest BCUT2D eigenvalue weighted by molar-refractivity contribution is 7.87. The number of phenols is 1. The van der Waals surface area contributed by atoms with E-state index in [1.807, 2.05) is 6.92 Å². The number of aryl methyl sites for hydroxylation is 1. The van der Waals surface area contributed by atoms with Crippen molar-refractivity contribution in [2.75, 3.05) is 20.0 Å². The van der Waals surface area contributed by atoms with E-state index in [-0.39, 0.29) is 40.9 Å². The van der Waals surface area contributed by atoms with Crippen LogP contribution in [0.3, 0.4) is 0 Å². The summed E-state index contributed by atoms with van der Waals surface area (Å²) in [6.07, 6.45) is 1.37. The predicted molar refractivity (Wildman–Crippen MR) is 132 cm³/mol. The van der Waals surface area contributed by atoms with Gasteiger partial charge < -0.3 is 23.3 Å². The Morgan fingerprint density at radius 1 is 1.09 bits per heavy atom. The van der Waals surface area contributed by atoms with E-state index in [0.29, 0.717) is 23.1 Å². The first-order chi connectivity index (χ1) is 16.2. The highest BCUT2D eigenvalue weighted by Crippen LogP contribution is 2.44. The Kier molecular flexibility index (Phi) is 9.21. The van der Waals surface area contributed by atoms with Crippen molar-refractivity contribution in [2.45, 2.75) is 51.3 Å². The smallest absolute Gasteiger partial charge is 0.339 e. The lowest BCUT2D eigenvalue weighted by atomic mass is 9.92. The summed E-state index contributed by atoms with van der Waals surface area (Å²) < 4.78 is 64.7. The van der Waals surface area contributed by atoms with Gasteiger partial charge in [0.2, 0.25) is 0 Å². The summed E-state index contributed by atoms with van der Waals surface area (Å²) >= 11 is 0. The lowest BCUT2D eigenvalue weighted by Gasteiger charge is -2.20. The standard InChI is InChI=1S/C24H32O9S2/c1-15-7-10-19(11-8-15)35(29,30)33-22-13-20(23(26)24(31-5)18(22)4)16(2)9-12-21(17(3)14-25)32-34(6,27)28/h7-8,10-11,13,16,25-26H,9,12,14H2,1-6H3. The molecule has 2 aromatic rings. The van der Waals surface area contributed by atoms with Crippen LogP contribution in [0.15, 0.2) is 46.6 Å². The maximum absolute atomic E-state index is 12.9. The minimum absolute atomic E-state index is 0.00300. The number of hydrogen-bond acceptors (Lipinski definition) is 9. The van der Waals surface area contributed by atoms with Gasteiger partial charge in [-0.3, -0.25) is 0 Å². The van der Waals surface area contributed by atoms with Gasteiger partial charge in [-0.15, -0.1) is 0 Å². The van der Waals surface area contributed by atoms with Gasteiger partial charge in [-0.2, -0.15) is 16.8 Å². The van der Waals surface area contributed by atoms with Crippen LogP contribution >= 0.6 is 0 Å². The molecular weight excluding hydrogens is 496 g/mol. The molecule has 0 amide bonds. The molecule has 1 unspecified atom stereocenters. The zero-order chi connectivity index (χ0) is 26.6. The minimum atomic E-state index is -4.15. The third-order valence-corrected chi connectivity index (χ3v) is 7.25. The van der Waals surface area contributed by atoms with Crippen molar-refractivity contribution in [3.8, 4) is 17.2 Å². The molecule has 9 nitrogen and oxygen atoms in total. The highest BCUT2D eigenvalue weighted by Gasteiger charge is 2.25. The average molecular weight is 529 g/mol. The van der Waals surface area contributed by atoms with E-state index in [2.05, 4.69) is 0 Å². The minimum Gasteiger partial charge on any atom is -0.504 e. The zero-order valence-corrected chi connectivity index (χ0v) is 22.3. The van der Waals surface area contributed by atoms with Crippen molar-refractivity contribution < 1.29 is 40.2 Å². The Morgan fingerprint density at radius 3 is 2.20 bits per heavy atom. The summed E-state index contributed by atoms with van der Waals surface area (Å²) in [4.78, 5) is -0.0173. The predicted octanol–water partition coefficient (Wildman–Crippen LogP) is 3.91. The Morgan fingerprint density at radius 2 is 1.69 bits per heavy atom. The van der Waals surface area contributed by atoms with Crippen LogP contribution in [0.5, 0.6) is 17.2 Å². The van der Waals surface area contributed by atoms with Crippen LogP contribution < -0.4 is 8.92 Å². The fraction of sp³-hybridized carbons (Fsp3) is 0.417. The SMILES string of the molecule is COc1c(C)c(OS(=O)(=O)c2ccc(C)cc2)cc(C(C)CCC(OS(C)(=O)=O)=C(C)CO)c1O. The lowest BCUT2D eigenvalue weighted by molar-refractivity contribution is 0.313. The lowest BCUT2D eigenvalue weighted by Crippen LogP contribution is -2.12. The molecule has 0 fully saturated rings. The molecule has 0 aliphatic carbocycles. The second kappa shape index (κ2) is 11.3. The van der Waals surface area contributed by atoms with Crippen molar-refractivity contribution in [1.82, 2.24) is 0 Å². The second-order valence-electron chi connectivity index (χ2n) is 8.41. The number of allylic oxidation sites excluding steroid dienone is 1. The van der Waals surface area contributed by atoms with Gasteiger partial charge in [-0.05, 0) is 56.9 Å². The van der Waals surface area contributed by atoms with Gasteiger partial charge in [-0.25, -0.2) is 0 Å². The van der Waals surface area contributed by atoms with E-state index < -0.39 is 26.2 Å². The van der Waals surface area contributed by atoms with Crippen LogP contribution in [-0.2, 0) is 24.4 Å². The van der Waals surface area contributed by atoms with Crippen molar-refractivity contribution in [3.63, 3.8) is 0 Å².